The molecule has 2 fully saturated rings. The van der Waals surface area contributed by atoms with Gasteiger partial charge in [0.2, 0.25) is 5.91 Å². The second-order valence-electron chi connectivity index (χ2n) is 5.33. The first kappa shape index (κ1) is 14.8. The van der Waals surface area contributed by atoms with Crippen LogP contribution < -0.4 is 0 Å². The summed E-state index contributed by atoms with van der Waals surface area (Å²) in [6.07, 6.45) is 2.53. The van der Waals surface area contributed by atoms with Crippen LogP contribution >= 0.6 is 0 Å². The molecule has 2 rings (SSSR count). The zero-order chi connectivity index (χ0) is 13.7. The molecular formula is C14H25NO4. The van der Waals surface area contributed by atoms with E-state index in [0.717, 1.165) is 19.3 Å². The first-order valence-electron chi connectivity index (χ1n) is 7.34. The quantitative estimate of drug-likeness (QED) is 0.776. The second kappa shape index (κ2) is 7.22. The van der Waals surface area contributed by atoms with E-state index in [1.54, 1.807) is 0 Å². The third-order valence-electron chi connectivity index (χ3n) is 3.88. The van der Waals surface area contributed by atoms with E-state index in [1.807, 2.05) is 11.8 Å². The van der Waals surface area contributed by atoms with Gasteiger partial charge in [0.05, 0.1) is 19.3 Å². The van der Waals surface area contributed by atoms with E-state index < -0.39 is 0 Å². The summed E-state index contributed by atoms with van der Waals surface area (Å²) in [6, 6.07) is 0. The van der Waals surface area contributed by atoms with Gasteiger partial charge in [0.1, 0.15) is 0 Å². The van der Waals surface area contributed by atoms with Crippen molar-refractivity contribution in [3.63, 3.8) is 0 Å². The van der Waals surface area contributed by atoms with Crippen molar-refractivity contribution in [2.45, 2.75) is 45.5 Å². The molecule has 2 atom stereocenters. The van der Waals surface area contributed by atoms with Gasteiger partial charge < -0.3 is 19.1 Å². The van der Waals surface area contributed by atoms with E-state index in [9.17, 15) is 4.79 Å². The summed E-state index contributed by atoms with van der Waals surface area (Å²) in [5, 5.41) is 0. The second-order valence-corrected chi connectivity index (χ2v) is 5.33. The molecule has 2 aliphatic rings. The molecule has 0 saturated carbocycles. The molecular weight excluding hydrogens is 246 g/mol. The van der Waals surface area contributed by atoms with Gasteiger partial charge in [-0.25, -0.2) is 0 Å². The topological polar surface area (TPSA) is 48.0 Å². The van der Waals surface area contributed by atoms with E-state index in [1.165, 1.54) is 0 Å². The Hall–Kier alpha value is -0.650. The lowest BCUT2D eigenvalue weighted by molar-refractivity contribution is -0.203. The fraction of sp³-hybridized carbons (Fsp3) is 0.929. The van der Waals surface area contributed by atoms with Crippen LogP contribution in [0.25, 0.3) is 0 Å². The first-order chi connectivity index (χ1) is 9.20. The summed E-state index contributed by atoms with van der Waals surface area (Å²) in [5.41, 5.74) is 0. The molecule has 0 aromatic rings. The molecule has 0 aliphatic carbocycles. The van der Waals surface area contributed by atoms with Crippen molar-refractivity contribution < 1.29 is 19.0 Å². The van der Waals surface area contributed by atoms with E-state index in [-0.39, 0.29) is 24.2 Å². The Labute approximate surface area is 115 Å². The van der Waals surface area contributed by atoms with Crippen LogP contribution in [0.5, 0.6) is 0 Å². The number of amides is 1. The van der Waals surface area contributed by atoms with Crippen LogP contribution in [0, 0.1) is 5.92 Å². The Bertz CT molecular complexity index is 291. The van der Waals surface area contributed by atoms with Crippen molar-refractivity contribution in [3.8, 4) is 0 Å². The van der Waals surface area contributed by atoms with Gasteiger partial charge in [-0.15, -0.1) is 0 Å². The SMILES string of the molecule is CCC(C)OC1CN(C(=O)C2CCOCC2)CCO1. The highest BCUT2D eigenvalue weighted by atomic mass is 16.7. The third-order valence-corrected chi connectivity index (χ3v) is 3.88. The molecule has 2 unspecified atom stereocenters. The number of hydrogen-bond donors (Lipinski definition) is 0. The molecule has 110 valence electrons. The molecule has 0 aromatic heterocycles. The summed E-state index contributed by atoms with van der Waals surface area (Å²) in [5.74, 6) is 0.362. The average molecular weight is 271 g/mol. The number of rotatable bonds is 4. The van der Waals surface area contributed by atoms with Gasteiger partial charge in [0.15, 0.2) is 6.29 Å². The van der Waals surface area contributed by atoms with Gasteiger partial charge in [-0.3, -0.25) is 4.79 Å². The van der Waals surface area contributed by atoms with Gasteiger partial charge in [0, 0.05) is 25.7 Å². The molecule has 2 aliphatic heterocycles. The third kappa shape index (κ3) is 4.16. The zero-order valence-corrected chi connectivity index (χ0v) is 12.0. The fourth-order valence-electron chi connectivity index (χ4n) is 2.46. The summed E-state index contributed by atoms with van der Waals surface area (Å²) < 4.78 is 16.7. The summed E-state index contributed by atoms with van der Waals surface area (Å²) in [4.78, 5) is 14.3. The van der Waals surface area contributed by atoms with Gasteiger partial charge >= 0.3 is 0 Å². The minimum Gasteiger partial charge on any atom is -0.381 e. The highest BCUT2D eigenvalue weighted by Crippen LogP contribution is 2.20. The van der Waals surface area contributed by atoms with Crippen molar-refractivity contribution in [1.82, 2.24) is 4.90 Å². The van der Waals surface area contributed by atoms with Crippen molar-refractivity contribution in [2.24, 2.45) is 5.92 Å². The molecule has 2 saturated heterocycles. The highest BCUT2D eigenvalue weighted by Gasteiger charge is 2.31. The largest absolute Gasteiger partial charge is 0.381 e. The molecule has 0 radical (unpaired) electrons. The number of hydrogen-bond acceptors (Lipinski definition) is 4. The minimum absolute atomic E-state index is 0.121. The maximum atomic E-state index is 12.4. The monoisotopic (exact) mass is 271 g/mol. The molecule has 5 heteroatoms. The van der Waals surface area contributed by atoms with Crippen molar-refractivity contribution >= 4 is 5.91 Å². The predicted molar refractivity (Wildman–Crippen MR) is 70.7 cm³/mol. The van der Waals surface area contributed by atoms with E-state index in [2.05, 4.69) is 6.92 Å². The van der Waals surface area contributed by atoms with E-state index in [0.29, 0.717) is 32.9 Å². The number of nitrogens with zero attached hydrogens (tertiary/aromatic N) is 1. The molecule has 0 spiro atoms. The average Bonchev–Trinajstić information content (AvgIpc) is 2.47. The Morgan fingerprint density at radius 1 is 1.37 bits per heavy atom. The molecule has 2 heterocycles. The van der Waals surface area contributed by atoms with Gasteiger partial charge in [-0.05, 0) is 26.2 Å². The maximum absolute atomic E-state index is 12.4. The lowest BCUT2D eigenvalue weighted by atomic mass is 9.98. The maximum Gasteiger partial charge on any atom is 0.226 e. The normalized spacial score (nSPS) is 27.3. The molecule has 0 bridgehead atoms. The number of carbonyl (C=O) groups excluding carboxylic acids is 1. The minimum atomic E-state index is -0.271. The first-order valence-corrected chi connectivity index (χ1v) is 7.34. The van der Waals surface area contributed by atoms with Crippen molar-refractivity contribution in [2.75, 3.05) is 32.9 Å². The molecule has 0 aromatic carbocycles. The lowest BCUT2D eigenvalue weighted by Gasteiger charge is -2.36. The number of ether oxygens (including phenoxy) is 3. The zero-order valence-electron chi connectivity index (χ0n) is 12.0. The number of carbonyl (C=O) groups is 1. The Morgan fingerprint density at radius 3 is 2.79 bits per heavy atom. The van der Waals surface area contributed by atoms with Crippen LogP contribution in [0.1, 0.15) is 33.1 Å². The Balaban J connectivity index is 1.83. The lowest BCUT2D eigenvalue weighted by Crippen LogP contribution is -2.49. The predicted octanol–water partition coefficient (Wildman–Crippen LogP) is 1.41. The standard InChI is InChI=1S/C14H25NO4/c1-3-11(2)19-13-10-15(6-9-18-13)14(16)12-4-7-17-8-5-12/h11-13H,3-10H2,1-2H3. The molecule has 1 amide bonds. The van der Waals surface area contributed by atoms with Gasteiger partial charge in [-0.1, -0.05) is 6.92 Å². The van der Waals surface area contributed by atoms with Crippen LogP contribution in [-0.2, 0) is 19.0 Å². The van der Waals surface area contributed by atoms with Gasteiger partial charge in [0.25, 0.3) is 0 Å². The van der Waals surface area contributed by atoms with Gasteiger partial charge in [-0.2, -0.15) is 0 Å². The van der Waals surface area contributed by atoms with Crippen LogP contribution in [0.15, 0.2) is 0 Å². The highest BCUT2D eigenvalue weighted by molar-refractivity contribution is 5.79. The number of morpholine rings is 1. The van der Waals surface area contributed by atoms with Crippen molar-refractivity contribution in [3.05, 3.63) is 0 Å². The van der Waals surface area contributed by atoms with E-state index in [4.69, 9.17) is 14.2 Å². The van der Waals surface area contributed by atoms with Crippen LogP contribution in [0.2, 0.25) is 0 Å². The Kier molecular flexibility index (Phi) is 5.60. The fourth-order valence-corrected chi connectivity index (χ4v) is 2.46. The summed E-state index contributed by atoms with van der Waals surface area (Å²) >= 11 is 0. The summed E-state index contributed by atoms with van der Waals surface area (Å²) in [7, 11) is 0. The van der Waals surface area contributed by atoms with Crippen LogP contribution in [-0.4, -0.2) is 56.1 Å². The summed E-state index contributed by atoms with van der Waals surface area (Å²) in [6.45, 7) is 7.31. The molecule has 19 heavy (non-hydrogen) atoms. The van der Waals surface area contributed by atoms with Crippen molar-refractivity contribution in [1.29, 1.82) is 0 Å². The van der Waals surface area contributed by atoms with E-state index >= 15 is 0 Å². The van der Waals surface area contributed by atoms with Crippen LogP contribution in [0.4, 0.5) is 0 Å². The van der Waals surface area contributed by atoms with Crippen LogP contribution in [0.3, 0.4) is 0 Å². The molecule has 0 N–H and O–H groups in total. The Morgan fingerprint density at radius 2 is 2.11 bits per heavy atom. The molecule has 5 nitrogen and oxygen atoms in total. The smallest absolute Gasteiger partial charge is 0.226 e.